The van der Waals surface area contributed by atoms with Gasteiger partial charge in [0.15, 0.2) is 5.11 Å². The SMILES string of the molecule is COCCNC(=S)NC1CCOC1C. The van der Waals surface area contributed by atoms with Gasteiger partial charge in [-0.05, 0) is 25.6 Å². The zero-order valence-corrected chi connectivity index (χ0v) is 9.52. The van der Waals surface area contributed by atoms with E-state index < -0.39 is 0 Å². The summed E-state index contributed by atoms with van der Waals surface area (Å²) in [6.45, 7) is 4.28. The Morgan fingerprint density at radius 3 is 3.00 bits per heavy atom. The van der Waals surface area contributed by atoms with Gasteiger partial charge in [0, 0.05) is 20.3 Å². The van der Waals surface area contributed by atoms with Gasteiger partial charge in [0.2, 0.25) is 0 Å². The molecule has 1 fully saturated rings. The zero-order chi connectivity index (χ0) is 10.4. The molecule has 0 bridgehead atoms. The summed E-state index contributed by atoms with van der Waals surface area (Å²) in [6, 6.07) is 0.345. The molecule has 0 aromatic carbocycles. The highest BCUT2D eigenvalue weighted by Crippen LogP contribution is 2.11. The van der Waals surface area contributed by atoms with E-state index in [0.717, 1.165) is 19.6 Å². The largest absolute Gasteiger partial charge is 0.383 e. The van der Waals surface area contributed by atoms with Gasteiger partial charge in [0.05, 0.1) is 18.8 Å². The van der Waals surface area contributed by atoms with E-state index in [-0.39, 0.29) is 6.10 Å². The van der Waals surface area contributed by atoms with Crippen molar-refractivity contribution in [2.45, 2.75) is 25.5 Å². The van der Waals surface area contributed by atoms with Gasteiger partial charge < -0.3 is 20.1 Å². The quantitative estimate of drug-likeness (QED) is 0.524. The zero-order valence-electron chi connectivity index (χ0n) is 8.71. The molecule has 2 unspecified atom stereocenters. The summed E-state index contributed by atoms with van der Waals surface area (Å²) in [5, 5.41) is 6.98. The van der Waals surface area contributed by atoms with Gasteiger partial charge in [-0.2, -0.15) is 0 Å². The van der Waals surface area contributed by atoms with Gasteiger partial charge in [0.25, 0.3) is 0 Å². The Balaban J connectivity index is 2.13. The maximum atomic E-state index is 5.42. The molecule has 0 aromatic heterocycles. The molecule has 4 nitrogen and oxygen atoms in total. The average Bonchev–Trinajstić information content (AvgIpc) is 2.52. The van der Waals surface area contributed by atoms with E-state index in [1.807, 2.05) is 0 Å². The molecule has 0 radical (unpaired) electrons. The van der Waals surface area contributed by atoms with Crippen LogP contribution < -0.4 is 10.6 Å². The first kappa shape index (κ1) is 11.7. The highest BCUT2D eigenvalue weighted by molar-refractivity contribution is 7.80. The number of hydrogen-bond acceptors (Lipinski definition) is 3. The fraction of sp³-hybridized carbons (Fsp3) is 0.889. The van der Waals surface area contributed by atoms with Crippen molar-refractivity contribution in [2.75, 3.05) is 26.9 Å². The maximum Gasteiger partial charge on any atom is 0.166 e. The summed E-state index contributed by atoms with van der Waals surface area (Å²) >= 11 is 5.12. The van der Waals surface area contributed by atoms with Gasteiger partial charge in [-0.25, -0.2) is 0 Å². The number of nitrogens with one attached hydrogen (secondary N) is 2. The lowest BCUT2D eigenvalue weighted by Gasteiger charge is -2.18. The van der Waals surface area contributed by atoms with Crippen LogP contribution in [-0.4, -0.2) is 44.1 Å². The minimum atomic E-state index is 0.247. The van der Waals surface area contributed by atoms with Crippen LogP contribution in [0.25, 0.3) is 0 Å². The Labute approximate surface area is 90.3 Å². The predicted octanol–water partition coefficient (Wildman–Crippen LogP) is 0.274. The van der Waals surface area contributed by atoms with Gasteiger partial charge >= 0.3 is 0 Å². The van der Waals surface area contributed by atoms with Crippen LogP contribution in [0.5, 0.6) is 0 Å². The van der Waals surface area contributed by atoms with Crippen LogP contribution in [0.2, 0.25) is 0 Å². The molecule has 0 amide bonds. The molecule has 1 rings (SSSR count). The normalized spacial score (nSPS) is 26.1. The first-order valence-electron chi connectivity index (χ1n) is 4.89. The van der Waals surface area contributed by atoms with Crippen molar-refractivity contribution in [1.29, 1.82) is 0 Å². The number of hydrogen-bond donors (Lipinski definition) is 2. The molecule has 5 heteroatoms. The van der Waals surface area contributed by atoms with Crippen molar-refractivity contribution in [3.05, 3.63) is 0 Å². The molecule has 1 heterocycles. The molecule has 0 saturated carbocycles. The molecule has 0 spiro atoms. The number of methoxy groups -OCH3 is 1. The monoisotopic (exact) mass is 218 g/mol. The third-order valence-electron chi connectivity index (χ3n) is 2.28. The summed E-state index contributed by atoms with van der Waals surface area (Å²) in [4.78, 5) is 0. The lowest BCUT2D eigenvalue weighted by molar-refractivity contribution is 0.116. The van der Waals surface area contributed by atoms with Gasteiger partial charge in [-0.1, -0.05) is 0 Å². The minimum absolute atomic E-state index is 0.247. The van der Waals surface area contributed by atoms with Crippen LogP contribution in [0.3, 0.4) is 0 Å². The average molecular weight is 218 g/mol. The van der Waals surface area contributed by atoms with Gasteiger partial charge in [-0.3, -0.25) is 0 Å². The lowest BCUT2D eigenvalue weighted by atomic mass is 10.2. The van der Waals surface area contributed by atoms with Crippen molar-refractivity contribution in [3.8, 4) is 0 Å². The van der Waals surface area contributed by atoms with E-state index in [1.165, 1.54) is 0 Å². The van der Waals surface area contributed by atoms with Crippen molar-refractivity contribution < 1.29 is 9.47 Å². The molecule has 1 aliphatic rings. The molecule has 1 saturated heterocycles. The summed E-state index contributed by atoms with van der Waals surface area (Å²) in [6.07, 6.45) is 1.27. The van der Waals surface area contributed by atoms with Crippen LogP contribution in [0.15, 0.2) is 0 Å². The first-order chi connectivity index (χ1) is 6.74. The second kappa shape index (κ2) is 6.16. The van der Waals surface area contributed by atoms with Crippen LogP contribution >= 0.6 is 12.2 Å². The predicted molar refractivity (Wildman–Crippen MR) is 59.4 cm³/mol. The molecular weight excluding hydrogens is 200 g/mol. The Morgan fingerprint density at radius 2 is 2.43 bits per heavy atom. The summed E-state index contributed by atoms with van der Waals surface area (Å²) in [5.41, 5.74) is 0. The second-order valence-electron chi connectivity index (χ2n) is 3.36. The third-order valence-corrected chi connectivity index (χ3v) is 2.55. The minimum Gasteiger partial charge on any atom is -0.383 e. The summed E-state index contributed by atoms with van der Waals surface area (Å²) in [7, 11) is 1.67. The third kappa shape index (κ3) is 3.77. The maximum absolute atomic E-state index is 5.42. The van der Waals surface area contributed by atoms with Crippen LogP contribution in [-0.2, 0) is 9.47 Å². The van der Waals surface area contributed by atoms with E-state index in [1.54, 1.807) is 7.11 Å². The Kier molecular flexibility index (Phi) is 5.14. The molecule has 0 aromatic rings. The van der Waals surface area contributed by atoms with E-state index in [0.29, 0.717) is 17.8 Å². The standard InChI is InChI=1S/C9H18N2O2S/c1-7-8(3-5-13-7)11-9(14)10-4-6-12-2/h7-8H,3-6H2,1-2H3,(H2,10,11,14). The fourth-order valence-corrected chi connectivity index (χ4v) is 1.66. The van der Waals surface area contributed by atoms with Crippen LogP contribution in [0.1, 0.15) is 13.3 Å². The van der Waals surface area contributed by atoms with E-state index >= 15 is 0 Å². The molecule has 2 N–H and O–H groups in total. The number of rotatable bonds is 4. The topological polar surface area (TPSA) is 42.5 Å². The highest BCUT2D eigenvalue weighted by Gasteiger charge is 2.24. The highest BCUT2D eigenvalue weighted by atomic mass is 32.1. The Bertz CT molecular complexity index is 190. The summed E-state index contributed by atoms with van der Waals surface area (Å²) < 4.78 is 10.3. The molecule has 0 aliphatic carbocycles. The van der Waals surface area contributed by atoms with Crippen LogP contribution in [0.4, 0.5) is 0 Å². The lowest BCUT2D eigenvalue weighted by Crippen LogP contribution is -2.45. The molecule has 82 valence electrons. The summed E-state index contributed by atoms with van der Waals surface area (Å²) in [5.74, 6) is 0. The van der Waals surface area contributed by atoms with Gasteiger partial charge in [0.1, 0.15) is 0 Å². The van der Waals surface area contributed by atoms with E-state index in [4.69, 9.17) is 21.7 Å². The number of thiocarbonyl (C=S) groups is 1. The fourth-order valence-electron chi connectivity index (χ4n) is 1.41. The Morgan fingerprint density at radius 1 is 1.64 bits per heavy atom. The Hall–Kier alpha value is -0.390. The number of ether oxygens (including phenoxy) is 2. The second-order valence-corrected chi connectivity index (χ2v) is 3.77. The van der Waals surface area contributed by atoms with Crippen molar-refractivity contribution in [1.82, 2.24) is 10.6 Å². The molecule has 14 heavy (non-hydrogen) atoms. The van der Waals surface area contributed by atoms with Crippen LogP contribution in [0, 0.1) is 0 Å². The van der Waals surface area contributed by atoms with Gasteiger partial charge in [-0.15, -0.1) is 0 Å². The van der Waals surface area contributed by atoms with Crippen molar-refractivity contribution in [3.63, 3.8) is 0 Å². The van der Waals surface area contributed by atoms with Crippen molar-refractivity contribution in [2.24, 2.45) is 0 Å². The first-order valence-corrected chi connectivity index (χ1v) is 5.29. The molecule has 1 aliphatic heterocycles. The van der Waals surface area contributed by atoms with Crippen molar-refractivity contribution >= 4 is 17.3 Å². The van der Waals surface area contributed by atoms with E-state index in [9.17, 15) is 0 Å². The molecule has 2 atom stereocenters. The molecular formula is C9H18N2O2S. The smallest absolute Gasteiger partial charge is 0.166 e. The van der Waals surface area contributed by atoms with E-state index in [2.05, 4.69) is 17.6 Å².